The number of carbonyl (C=O) groups is 2. The number of halogens is 3. The molecule has 2 rings (SSSR count). The maximum absolute atomic E-state index is 13.1. The molecule has 1 fully saturated rings. The summed E-state index contributed by atoms with van der Waals surface area (Å²) in [5.41, 5.74) is -2.85. The topological polar surface area (TPSA) is 93.1 Å². The van der Waals surface area contributed by atoms with Gasteiger partial charge in [0.1, 0.15) is 5.57 Å². The van der Waals surface area contributed by atoms with Gasteiger partial charge in [-0.15, -0.1) is 0 Å². The molecule has 0 atom stereocenters. The third-order valence-electron chi connectivity index (χ3n) is 3.10. The van der Waals surface area contributed by atoms with Gasteiger partial charge in [0.25, 0.3) is 5.79 Å². The van der Waals surface area contributed by atoms with E-state index in [0.717, 1.165) is 12.1 Å². The molecule has 1 heterocycles. The first kappa shape index (κ1) is 18.0. The Balaban J connectivity index is 2.53. The van der Waals surface area contributed by atoms with Crippen LogP contribution in [0.5, 0.6) is 0 Å². The smallest absolute Gasteiger partial charge is 0.423 e. The van der Waals surface area contributed by atoms with Crippen LogP contribution in [0.25, 0.3) is 6.08 Å². The van der Waals surface area contributed by atoms with Crippen LogP contribution in [0.2, 0.25) is 0 Å². The second-order valence-corrected chi connectivity index (χ2v) is 5.45. The predicted molar refractivity (Wildman–Crippen MR) is 75.5 cm³/mol. The van der Waals surface area contributed by atoms with Crippen LogP contribution >= 0.6 is 0 Å². The highest BCUT2D eigenvalue weighted by Crippen LogP contribution is 2.33. The molecule has 0 aromatic heterocycles. The third kappa shape index (κ3) is 3.77. The summed E-state index contributed by atoms with van der Waals surface area (Å²) in [6.07, 6.45) is -4.16. The van der Waals surface area contributed by atoms with Crippen LogP contribution in [0.1, 0.15) is 25.0 Å². The van der Waals surface area contributed by atoms with E-state index in [9.17, 15) is 22.8 Å². The van der Waals surface area contributed by atoms with E-state index in [2.05, 4.69) is 0 Å². The first-order valence-electron chi connectivity index (χ1n) is 6.66. The van der Waals surface area contributed by atoms with Crippen molar-refractivity contribution in [3.63, 3.8) is 0 Å². The number of hydrogen-bond donors (Lipinski definition) is 2. The van der Waals surface area contributed by atoms with Crippen LogP contribution in [0.15, 0.2) is 23.8 Å². The molecular weight excluding hydrogens is 332 g/mol. The molecule has 1 aromatic rings. The summed E-state index contributed by atoms with van der Waals surface area (Å²) < 4.78 is 49.0. The largest absolute Gasteiger partial charge is 0.488 e. The van der Waals surface area contributed by atoms with E-state index in [4.69, 9.17) is 19.5 Å². The Morgan fingerprint density at radius 1 is 1.12 bits per heavy atom. The molecule has 128 valence electrons. The summed E-state index contributed by atoms with van der Waals surface area (Å²) in [5.74, 6) is -3.74. The molecule has 0 spiro atoms. The van der Waals surface area contributed by atoms with Gasteiger partial charge in [0, 0.05) is 13.8 Å². The lowest BCUT2D eigenvalue weighted by atomic mass is 9.78. The number of benzene rings is 1. The minimum atomic E-state index is -4.85. The summed E-state index contributed by atoms with van der Waals surface area (Å²) >= 11 is 0. The minimum absolute atomic E-state index is 0.389. The van der Waals surface area contributed by atoms with Gasteiger partial charge in [0.15, 0.2) is 0 Å². The molecular formula is C14H12BF3O6. The van der Waals surface area contributed by atoms with Gasteiger partial charge in [-0.1, -0.05) is 12.1 Å². The molecule has 0 aliphatic carbocycles. The van der Waals surface area contributed by atoms with Crippen LogP contribution in [-0.2, 0) is 25.2 Å². The Morgan fingerprint density at radius 2 is 1.67 bits per heavy atom. The fourth-order valence-electron chi connectivity index (χ4n) is 2.04. The van der Waals surface area contributed by atoms with Gasteiger partial charge in [-0.25, -0.2) is 9.59 Å². The van der Waals surface area contributed by atoms with E-state index >= 15 is 0 Å². The van der Waals surface area contributed by atoms with Crippen LogP contribution in [0.4, 0.5) is 13.2 Å². The zero-order chi connectivity index (χ0) is 18.3. The number of ether oxygens (including phenoxy) is 2. The zero-order valence-corrected chi connectivity index (χ0v) is 12.5. The Bertz CT molecular complexity index is 702. The Hall–Kier alpha value is -2.33. The number of alkyl halides is 3. The van der Waals surface area contributed by atoms with Gasteiger partial charge < -0.3 is 19.5 Å². The van der Waals surface area contributed by atoms with Crippen molar-refractivity contribution >= 4 is 30.6 Å². The van der Waals surface area contributed by atoms with Crippen molar-refractivity contribution in [1.29, 1.82) is 0 Å². The van der Waals surface area contributed by atoms with E-state index in [1.54, 1.807) is 0 Å². The number of carbonyl (C=O) groups excluding carboxylic acids is 2. The Labute approximate surface area is 134 Å². The highest BCUT2D eigenvalue weighted by molar-refractivity contribution is 6.58. The monoisotopic (exact) mass is 344 g/mol. The van der Waals surface area contributed by atoms with Crippen molar-refractivity contribution in [3.8, 4) is 0 Å². The van der Waals surface area contributed by atoms with Gasteiger partial charge >= 0.3 is 25.2 Å². The second-order valence-electron chi connectivity index (χ2n) is 5.45. The summed E-state index contributed by atoms with van der Waals surface area (Å²) in [7, 11) is -2.10. The highest BCUT2D eigenvalue weighted by atomic mass is 19.4. The first-order valence-corrected chi connectivity index (χ1v) is 6.66. The third-order valence-corrected chi connectivity index (χ3v) is 3.10. The lowest BCUT2D eigenvalue weighted by Crippen LogP contribution is -2.41. The van der Waals surface area contributed by atoms with Crippen LogP contribution in [0.3, 0.4) is 0 Å². The van der Waals surface area contributed by atoms with Crippen molar-refractivity contribution in [1.82, 2.24) is 0 Å². The predicted octanol–water partition coefficient (Wildman–Crippen LogP) is 0.605. The van der Waals surface area contributed by atoms with Gasteiger partial charge in [-0.2, -0.15) is 13.2 Å². The maximum Gasteiger partial charge on any atom is 0.488 e. The number of hydrogen-bond acceptors (Lipinski definition) is 6. The molecule has 0 bridgehead atoms. The quantitative estimate of drug-likeness (QED) is 0.353. The summed E-state index contributed by atoms with van der Waals surface area (Å²) in [5, 5.41) is 18.0. The van der Waals surface area contributed by atoms with Crippen molar-refractivity contribution in [2.45, 2.75) is 25.8 Å². The fourth-order valence-corrected chi connectivity index (χ4v) is 2.04. The fraction of sp³-hybridized carbons (Fsp3) is 0.286. The van der Waals surface area contributed by atoms with E-state index in [1.165, 1.54) is 13.8 Å². The van der Waals surface area contributed by atoms with E-state index in [0.29, 0.717) is 12.1 Å². The van der Waals surface area contributed by atoms with E-state index in [-0.39, 0.29) is 5.46 Å². The van der Waals surface area contributed by atoms with Crippen molar-refractivity contribution in [3.05, 3.63) is 34.9 Å². The van der Waals surface area contributed by atoms with Crippen molar-refractivity contribution in [2.24, 2.45) is 0 Å². The Morgan fingerprint density at radius 3 is 2.12 bits per heavy atom. The maximum atomic E-state index is 13.1. The molecule has 0 unspecified atom stereocenters. The minimum Gasteiger partial charge on any atom is -0.423 e. The van der Waals surface area contributed by atoms with E-state index in [1.807, 2.05) is 0 Å². The summed E-state index contributed by atoms with van der Waals surface area (Å²) in [6, 6.07) is 2.45. The highest BCUT2D eigenvalue weighted by Gasteiger charge is 2.40. The van der Waals surface area contributed by atoms with Crippen molar-refractivity contribution < 1.29 is 42.3 Å². The molecule has 1 saturated heterocycles. The number of rotatable bonds is 2. The molecule has 0 amide bonds. The van der Waals surface area contributed by atoms with Crippen LogP contribution in [0, 0.1) is 0 Å². The molecule has 2 N–H and O–H groups in total. The van der Waals surface area contributed by atoms with Crippen molar-refractivity contribution in [2.75, 3.05) is 0 Å². The molecule has 1 aliphatic heterocycles. The van der Waals surface area contributed by atoms with E-state index < -0.39 is 47.7 Å². The molecule has 1 aromatic carbocycles. The average molecular weight is 344 g/mol. The summed E-state index contributed by atoms with van der Waals surface area (Å²) in [6.45, 7) is 2.61. The summed E-state index contributed by atoms with van der Waals surface area (Å²) in [4.78, 5) is 23.6. The second kappa shape index (κ2) is 5.95. The average Bonchev–Trinajstić information content (AvgIpc) is 2.40. The van der Waals surface area contributed by atoms with Gasteiger partial charge in [-0.3, -0.25) is 0 Å². The molecule has 0 radical (unpaired) electrons. The number of esters is 2. The van der Waals surface area contributed by atoms with Crippen LogP contribution < -0.4 is 5.46 Å². The normalized spacial score (nSPS) is 17.2. The molecule has 6 nitrogen and oxygen atoms in total. The zero-order valence-electron chi connectivity index (χ0n) is 12.5. The standard InChI is InChI=1S/C14H12BF3O6/c1-13(2)23-11(19)9(12(20)24-13)5-7-3-4-8(15(21)22)6-10(7)14(16,17)18/h3-6,21-22H,1-2H3. The van der Waals surface area contributed by atoms with Gasteiger partial charge in [-0.05, 0) is 23.2 Å². The lowest BCUT2D eigenvalue weighted by Gasteiger charge is -2.29. The molecule has 10 heteroatoms. The van der Waals surface area contributed by atoms with Gasteiger partial charge in [0.05, 0.1) is 5.56 Å². The molecule has 0 saturated carbocycles. The van der Waals surface area contributed by atoms with Gasteiger partial charge in [0.2, 0.25) is 0 Å². The van der Waals surface area contributed by atoms with Crippen LogP contribution in [-0.4, -0.2) is 34.9 Å². The number of cyclic esters (lactones) is 2. The first-order chi connectivity index (χ1) is 10.9. The SMILES string of the molecule is CC1(C)OC(=O)C(=Cc2ccc(B(O)O)cc2C(F)(F)F)C(=O)O1. The molecule has 1 aliphatic rings. The molecule has 24 heavy (non-hydrogen) atoms. The Kier molecular flexibility index (Phi) is 4.47. The lowest BCUT2D eigenvalue weighted by molar-refractivity contribution is -0.222.